The van der Waals surface area contributed by atoms with Gasteiger partial charge in [0.1, 0.15) is 5.82 Å². The number of benzene rings is 3. The number of aromatic nitrogens is 7. The number of hydrogen-bond acceptors (Lipinski definition) is 6. The first kappa shape index (κ1) is 24.1. The molecule has 3 aromatic carbocycles. The van der Waals surface area contributed by atoms with E-state index in [2.05, 4.69) is 81.1 Å². The zero-order valence-corrected chi connectivity index (χ0v) is 21.0. The van der Waals surface area contributed by atoms with Crippen LogP contribution in [-0.4, -0.2) is 41.3 Å². The number of carbonyl (C=O) groups is 1. The number of anilines is 1. The van der Waals surface area contributed by atoms with Gasteiger partial charge in [0.2, 0.25) is 11.6 Å². The lowest BCUT2D eigenvalue weighted by Crippen LogP contribution is -2.19. The molecule has 2 aromatic heterocycles. The number of rotatable bonds is 7. The highest BCUT2D eigenvalue weighted by Gasteiger charge is 2.21. The number of nitrogens with zero attached hydrogens (tertiary/aromatic N) is 6. The molecular weight excluding hydrogens is 464 g/mol. The van der Waals surface area contributed by atoms with E-state index in [-0.39, 0.29) is 17.1 Å². The van der Waals surface area contributed by atoms with Crippen molar-refractivity contribution in [1.82, 2.24) is 35.4 Å². The maximum atomic E-state index is 12.9. The zero-order valence-electron chi connectivity index (χ0n) is 21.0. The van der Waals surface area contributed by atoms with Crippen LogP contribution in [0, 0.1) is 5.41 Å². The lowest BCUT2D eigenvalue weighted by molar-refractivity contribution is 0.101. The molecule has 5 rings (SSSR count). The molecule has 186 valence electrons. The van der Waals surface area contributed by atoms with Gasteiger partial charge < -0.3 is 5.32 Å². The normalized spacial score (nSPS) is 11.4. The third kappa shape index (κ3) is 5.78. The van der Waals surface area contributed by atoms with Gasteiger partial charge in [-0.25, -0.2) is 9.67 Å². The van der Waals surface area contributed by atoms with Crippen LogP contribution >= 0.6 is 0 Å². The Bertz CT molecular complexity index is 1480. The van der Waals surface area contributed by atoms with Crippen LogP contribution in [0.1, 0.15) is 42.8 Å². The highest BCUT2D eigenvalue weighted by molar-refractivity contribution is 6.01. The Labute approximate surface area is 215 Å². The van der Waals surface area contributed by atoms with Crippen molar-refractivity contribution < 1.29 is 4.79 Å². The monoisotopic (exact) mass is 492 g/mol. The number of amides is 1. The average Bonchev–Trinajstić information content (AvgIpc) is 3.55. The van der Waals surface area contributed by atoms with Crippen molar-refractivity contribution in [2.45, 2.75) is 33.7 Å². The summed E-state index contributed by atoms with van der Waals surface area (Å²) in [6.07, 6.45) is 0.550. The molecule has 0 fully saturated rings. The fraction of sp³-hybridized carbons (Fsp3) is 0.214. The van der Waals surface area contributed by atoms with Crippen molar-refractivity contribution in [3.05, 3.63) is 96.1 Å². The Morgan fingerprint density at radius 3 is 2.30 bits per heavy atom. The summed E-state index contributed by atoms with van der Waals surface area (Å²) in [5.74, 6) is 1.13. The Hall–Kier alpha value is -4.66. The molecule has 0 atom stereocenters. The van der Waals surface area contributed by atoms with E-state index < -0.39 is 0 Å². The molecule has 0 aliphatic rings. The van der Waals surface area contributed by atoms with Gasteiger partial charge in [0.25, 0.3) is 5.91 Å². The smallest absolute Gasteiger partial charge is 0.295 e. The summed E-state index contributed by atoms with van der Waals surface area (Å²) in [6.45, 7) is 7.05. The number of aromatic amines is 1. The van der Waals surface area contributed by atoms with Crippen LogP contribution in [0.15, 0.2) is 78.9 Å². The van der Waals surface area contributed by atoms with Crippen LogP contribution in [0.2, 0.25) is 0 Å². The third-order valence-electron chi connectivity index (χ3n) is 5.75. The Morgan fingerprint density at radius 2 is 1.62 bits per heavy atom. The molecule has 5 aromatic rings. The van der Waals surface area contributed by atoms with Gasteiger partial charge in [-0.1, -0.05) is 87.5 Å². The highest BCUT2D eigenvalue weighted by Crippen LogP contribution is 2.30. The van der Waals surface area contributed by atoms with Crippen LogP contribution in [0.3, 0.4) is 0 Å². The molecule has 2 heterocycles. The van der Waals surface area contributed by atoms with Crippen molar-refractivity contribution in [3.8, 4) is 22.5 Å². The van der Waals surface area contributed by atoms with E-state index in [1.54, 1.807) is 0 Å². The minimum Gasteiger partial charge on any atom is -0.319 e. The summed E-state index contributed by atoms with van der Waals surface area (Å²) in [4.78, 5) is 17.5. The number of carbonyl (C=O) groups excluding carboxylic acids is 1. The van der Waals surface area contributed by atoms with Crippen LogP contribution in [0.25, 0.3) is 22.5 Å². The molecule has 9 nitrogen and oxygen atoms in total. The summed E-state index contributed by atoms with van der Waals surface area (Å²) < 4.78 is 1.85. The van der Waals surface area contributed by atoms with Gasteiger partial charge in [0.15, 0.2) is 0 Å². The molecule has 1 amide bonds. The lowest BCUT2D eigenvalue weighted by atomic mass is 9.96. The first-order valence-corrected chi connectivity index (χ1v) is 12.1. The Balaban J connectivity index is 1.40. The predicted octanol–water partition coefficient (Wildman–Crippen LogP) is 5.01. The quantitative estimate of drug-likeness (QED) is 0.330. The van der Waals surface area contributed by atoms with Gasteiger partial charge in [-0.05, 0) is 39.5 Å². The van der Waals surface area contributed by atoms with Crippen molar-refractivity contribution >= 4 is 11.6 Å². The number of tetrazole rings is 1. The molecule has 0 radical (unpaired) electrons. The molecule has 0 aliphatic heterocycles. The number of H-pyrrole nitrogens is 1. The first-order valence-electron chi connectivity index (χ1n) is 12.1. The van der Waals surface area contributed by atoms with Crippen LogP contribution in [0.4, 0.5) is 5.69 Å². The fourth-order valence-electron chi connectivity index (χ4n) is 4.08. The van der Waals surface area contributed by atoms with E-state index in [0.29, 0.717) is 24.5 Å². The lowest BCUT2D eigenvalue weighted by Gasteiger charge is -2.19. The van der Waals surface area contributed by atoms with E-state index in [0.717, 1.165) is 28.1 Å². The summed E-state index contributed by atoms with van der Waals surface area (Å²) in [7, 11) is 0. The van der Waals surface area contributed by atoms with E-state index in [9.17, 15) is 4.79 Å². The summed E-state index contributed by atoms with van der Waals surface area (Å²) in [5.41, 5.74) is 4.71. The van der Waals surface area contributed by atoms with E-state index in [1.807, 2.05) is 59.3 Å². The SMILES string of the molecule is CC(C)(C)Cn1nc(C(=O)Nc2ccccc2)nc1Cc1ccc(-c2ccccc2-c2nn[nH]n2)cc1. The molecule has 2 N–H and O–H groups in total. The standard InChI is InChI=1S/C28H28N8O/c1-28(2,3)18-36-24(30-26(33-36)27(37)29-21-9-5-4-6-10-21)17-19-13-15-20(16-14-19)22-11-7-8-12-23(22)25-31-34-35-32-25/h4-16H,17-18H2,1-3H3,(H,29,37)(H,31,32,34,35). The van der Waals surface area contributed by atoms with Gasteiger partial charge in [-0.2, -0.15) is 5.21 Å². The molecule has 0 aliphatic carbocycles. The molecule has 0 bridgehead atoms. The van der Waals surface area contributed by atoms with Crippen LogP contribution < -0.4 is 5.32 Å². The van der Waals surface area contributed by atoms with Crippen molar-refractivity contribution in [1.29, 1.82) is 0 Å². The maximum Gasteiger partial charge on any atom is 0.295 e. The van der Waals surface area contributed by atoms with Gasteiger partial charge >= 0.3 is 0 Å². The van der Waals surface area contributed by atoms with E-state index in [1.165, 1.54) is 0 Å². The number of hydrogen-bond donors (Lipinski definition) is 2. The Morgan fingerprint density at radius 1 is 0.919 bits per heavy atom. The van der Waals surface area contributed by atoms with Gasteiger partial charge in [-0.15, -0.1) is 15.3 Å². The minimum atomic E-state index is -0.325. The maximum absolute atomic E-state index is 12.9. The molecule has 0 saturated heterocycles. The van der Waals surface area contributed by atoms with Crippen LogP contribution in [0.5, 0.6) is 0 Å². The molecular formula is C28H28N8O. The Kier molecular flexibility index (Phi) is 6.59. The van der Waals surface area contributed by atoms with E-state index in [4.69, 9.17) is 0 Å². The second-order valence-electron chi connectivity index (χ2n) is 10.0. The molecule has 37 heavy (non-hydrogen) atoms. The van der Waals surface area contributed by atoms with Crippen molar-refractivity contribution in [2.24, 2.45) is 5.41 Å². The largest absolute Gasteiger partial charge is 0.319 e. The van der Waals surface area contributed by atoms with Crippen LogP contribution in [-0.2, 0) is 13.0 Å². The number of nitrogens with one attached hydrogen (secondary N) is 2. The van der Waals surface area contributed by atoms with E-state index >= 15 is 0 Å². The predicted molar refractivity (Wildman–Crippen MR) is 142 cm³/mol. The second-order valence-corrected chi connectivity index (χ2v) is 10.0. The topological polar surface area (TPSA) is 114 Å². The summed E-state index contributed by atoms with van der Waals surface area (Å²) in [5, 5.41) is 21.9. The second kappa shape index (κ2) is 10.1. The van der Waals surface area contributed by atoms with Gasteiger partial charge in [0.05, 0.1) is 0 Å². The first-order chi connectivity index (χ1) is 17.9. The van der Waals surface area contributed by atoms with Gasteiger partial charge in [0, 0.05) is 24.2 Å². The zero-order chi connectivity index (χ0) is 25.8. The van der Waals surface area contributed by atoms with Gasteiger partial charge in [-0.3, -0.25) is 4.79 Å². The molecule has 9 heteroatoms. The molecule has 0 unspecified atom stereocenters. The minimum absolute atomic E-state index is 0.0294. The average molecular weight is 493 g/mol. The number of para-hydroxylation sites is 1. The summed E-state index contributed by atoms with van der Waals surface area (Å²) in [6, 6.07) is 25.6. The van der Waals surface area contributed by atoms with Crippen molar-refractivity contribution in [2.75, 3.05) is 5.32 Å². The molecule has 0 spiro atoms. The molecule has 0 saturated carbocycles. The van der Waals surface area contributed by atoms with Crippen molar-refractivity contribution in [3.63, 3.8) is 0 Å². The fourth-order valence-corrected chi connectivity index (χ4v) is 4.08. The highest BCUT2D eigenvalue weighted by atomic mass is 16.2. The summed E-state index contributed by atoms with van der Waals surface area (Å²) >= 11 is 0. The third-order valence-corrected chi connectivity index (χ3v) is 5.75.